The number of rotatable bonds is 4. The van der Waals surface area contributed by atoms with Gasteiger partial charge in [0.15, 0.2) is 0 Å². The molecule has 0 saturated carbocycles. The van der Waals surface area contributed by atoms with E-state index in [0.717, 1.165) is 11.1 Å². The molecular weight excluding hydrogens is 409 g/mol. The number of nitrogens with one attached hydrogen (secondary N) is 1. The zero-order valence-corrected chi connectivity index (χ0v) is 17.2. The molecule has 0 saturated heterocycles. The van der Waals surface area contributed by atoms with E-state index in [0.29, 0.717) is 5.52 Å². The molecule has 0 bridgehead atoms. The van der Waals surface area contributed by atoms with Gasteiger partial charge in [-0.2, -0.15) is 0 Å². The number of halogens is 2. The van der Waals surface area contributed by atoms with Crippen LogP contribution >= 0.6 is 23.2 Å². The minimum absolute atomic E-state index is 0.0857. The molecule has 3 aromatic rings. The van der Waals surface area contributed by atoms with Crippen LogP contribution in [0.15, 0.2) is 40.1 Å². The number of aryl methyl sites for hydroxylation is 2. The number of aromatic nitrogens is 1. The molecule has 27 heavy (non-hydrogen) atoms. The van der Waals surface area contributed by atoms with E-state index >= 15 is 0 Å². The van der Waals surface area contributed by atoms with Gasteiger partial charge in [-0.1, -0.05) is 29.3 Å². The van der Waals surface area contributed by atoms with Crippen LogP contribution in [0.3, 0.4) is 0 Å². The first kappa shape index (κ1) is 19.7. The number of H-pyrrole nitrogens is 1. The average Bonchev–Trinajstić information content (AvgIpc) is 2.94. The van der Waals surface area contributed by atoms with Crippen LogP contribution in [0.5, 0.6) is 0 Å². The fourth-order valence-corrected chi connectivity index (χ4v) is 5.34. The van der Waals surface area contributed by atoms with E-state index in [9.17, 15) is 13.2 Å². The van der Waals surface area contributed by atoms with Gasteiger partial charge in [-0.15, -0.1) is 0 Å². The number of aromatic amines is 1. The Hall–Kier alpha value is -2.02. The maximum absolute atomic E-state index is 13.5. The molecule has 2 aromatic carbocycles. The third kappa shape index (κ3) is 3.57. The van der Waals surface area contributed by atoms with Gasteiger partial charge in [0, 0.05) is 10.4 Å². The monoisotopic (exact) mass is 425 g/mol. The lowest BCUT2D eigenvalue weighted by Gasteiger charge is -2.09. The molecule has 3 rings (SSSR count). The van der Waals surface area contributed by atoms with Gasteiger partial charge in [0.25, 0.3) is 0 Å². The number of carbonyl (C=O) groups is 1. The van der Waals surface area contributed by atoms with E-state index in [4.69, 9.17) is 27.9 Å². The predicted molar refractivity (Wildman–Crippen MR) is 106 cm³/mol. The lowest BCUT2D eigenvalue weighted by Crippen LogP contribution is -2.12. The average molecular weight is 426 g/mol. The van der Waals surface area contributed by atoms with Crippen LogP contribution in [0, 0.1) is 13.8 Å². The van der Waals surface area contributed by atoms with E-state index < -0.39 is 15.8 Å². The van der Waals surface area contributed by atoms with Crippen molar-refractivity contribution < 1.29 is 17.9 Å². The van der Waals surface area contributed by atoms with Crippen LogP contribution in [0.4, 0.5) is 0 Å². The number of hydrogen-bond acceptors (Lipinski definition) is 4. The first-order valence-electron chi connectivity index (χ1n) is 8.16. The van der Waals surface area contributed by atoms with Crippen molar-refractivity contribution >= 4 is 49.9 Å². The zero-order chi connectivity index (χ0) is 19.9. The summed E-state index contributed by atoms with van der Waals surface area (Å²) in [7, 11) is -4.04. The van der Waals surface area contributed by atoms with Gasteiger partial charge in [0.05, 0.1) is 22.0 Å². The molecule has 0 spiro atoms. The summed E-state index contributed by atoms with van der Waals surface area (Å²) in [6, 6.07) is 7.93. The normalized spacial score (nSPS) is 11.7. The second-order valence-corrected chi connectivity index (χ2v) is 8.92. The molecule has 8 heteroatoms. The van der Waals surface area contributed by atoms with Gasteiger partial charge in [0.1, 0.15) is 10.6 Å². The number of esters is 1. The van der Waals surface area contributed by atoms with Crippen LogP contribution in [0.25, 0.3) is 10.9 Å². The molecule has 0 amide bonds. The summed E-state index contributed by atoms with van der Waals surface area (Å²) < 4.78 is 31.9. The zero-order valence-electron chi connectivity index (χ0n) is 14.9. The van der Waals surface area contributed by atoms with Gasteiger partial charge in [-0.05, 0) is 56.2 Å². The first-order valence-corrected chi connectivity index (χ1v) is 10.4. The van der Waals surface area contributed by atoms with Gasteiger partial charge in [0.2, 0.25) is 9.84 Å². The summed E-state index contributed by atoms with van der Waals surface area (Å²) in [4.78, 5) is 15.2. The van der Waals surface area contributed by atoms with Crippen LogP contribution < -0.4 is 0 Å². The Morgan fingerprint density at radius 1 is 1.07 bits per heavy atom. The number of carbonyl (C=O) groups excluding carboxylic acids is 1. The largest absolute Gasteiger partial charge is 0.461 e. The van der Waals surface area contributed by atoms with E-state index in [1.54, 1.807) is 32.9 Å². The minimum Gasteiger partial charge on any atom is -0.461 e. The third-order valence-electron chi connectivity index (χ3n) is 4.03. The second kappa shape index (κ2) is 7.19. The predicted octanol–water partition coefficient (Wildman–Crippen LogP) is 5.10. The molecular formula is C19H17Cl2NO4S. The van der Waals surface area contributed by atoms with Crippen molar-refractivity contribution in [1.29, 1.82) is 0 Å². The van der Waals surface area contributed by atoms with Crippen molar-refractivity contribution in [3.8, 4) is 0 Å². The van der Waals surface area contributed by atoms with Crippen molar-refractivity contribution in [2.75, 3.05) is 6.61 Å². The van der Waals surface area contributed by atoms with E-state index in [1.165, 1.54) is 12.1 Å². The number of ether oxygens (including phenoxy) is 1. The molecule has 0 aliphatic carbocycles. The fraction of sp³-hybridized carbons (Fsp3) is 0.211. The Labute approximate surface area is 167 Å². The first-order chi connectivity index (χ1) is 12.6. The number of fused-ring (bicyclic) bond motifs is 1. The van der Waals surface area contributed by atoms with E-state index in [-0.39, 0.29) is 37.5 Å². The van der Waals surface area contributed by atoms with E-state index in [1.807, 2.05) is 6.07 Å². The maximum atomic E-state index is 13.5. The van der Waals surface area contributed by atoms with Gasteiger partial charge in [-0.3, -0.25) is 0 Å². The molecule has 0 aliphatic heterocycles. The molecule has 0 aliphatic rings. The highest BCUT2D eigenvalue weighted by atomic mass is 35.5. The molecule has 0 unspecified atom stereocenters. The van der Waals surface area contributed by atoms with Crippen LogP contribution in [0.2, 0.25) is 10.0 Å². The Morgan fingerprint density at radius 3 is 2.30 bits per heavy atom. The second-order valence-electron chi connectivity index (χ2n) is 6.19. The highest BCUT2D eigenvalue weighted by Crippen LogP contribution is 2.37. The number of benzene rings is 2. The Morgan fingerprint density at radius 2 is 1.70 bits per heavy atom. The summed E-state index contributed by atoms with van der Waals surface area (Å²) in [5.74, 6) is -0.774. The van der Waals surface area contributed by atoms with Crippen molar-refractivity contribution in [3.05, 3.63) is 57.2 Å². The SMILES string of the molecule is CCOC(=O)c1[nH]c2c(Cl)cc(Cl)cc2c1S(=O)(=O)c1cc(C)cc(C)c1. The van der Waals surface area contributed by atoms with Crippen LogP contribution in [0.1, 0.15) is 28.5 Å². The lowest BCUT2D eigenvalue weighted by molar-refractivity contribution is 0.0516. The van der Waals surface area contributed by atoms with Crippen LogP contribution in [-0.2, 0) is 14.6 Å². The van der Waals surface area contributed by atoms with Gasteiger partial charge < -0.3 is 9.72 Å². The topological polar surface area (TPSA) is 76.2 Å². The van der Waals surface area contributed by atoms with Crippen molar-refractivity contribution in [2.24, 2.45) is 0 Å². The molecule has 0 radical (unpaired) electrons. The summed E-state index contributed by atoms with van der Waals surface area (Å²) in [5, 5.41) is 0.721. The van der Waals surface area contributed by atoms with Gasteiger partial charge >= 0.3 is 5.97 Å². The number of sulfone groups is 1. The molecule has 5 nitrogen and oxygen atoms in total. The Bertz CT molecular complexity index is 1150. The quantitative estimate of drug-likeness (QED) is 0.589. The van der Waals surface area contributed by atoms with Crippen molar-refractivity contribution in [3.63, 3.8) is 0 Å². The molecule has 1 aromatic heterocycles. The highest BCUT2D eigenvalue weighted by Gasteiger charge is 2.31. The summed E-state index contributed by atoms with van der Waals surface area (Å²) in [5.41, 5.74) is 1.73. The molecule has 0 fully saturated rings. The third-order valence-corrected chi connectivity index (χ3v) is 6.36. The van der Waals surface area contributed by atoms with E-state index in [2.05, 4.69) is 4.98 Å². The standard InChI is InChI=1S/C19H17Cl2NO4S/c1-4-26-19(23)17-18(14-8-12(20)9-15(21)16(14)22-17)27(24,25)13-6-10(2)5-11(3)7-13/h5-9,22H,4H2,1-3H3. The molecule has 1 heterocycles. The van der Waals surface area contributed by atoms with Gasteiger partial charge in [-0.25, -0.2) is 13.2 Å². The highest BCUT2D eigenvalue weighted by molar-refractivity contribution is 7.91. The fourth-order valence-electron chi connectivity index (χ4n) is 3.03. The van der Waals surface area contributed by atoms with Crippen molar-refractivity contribution in [2.45, 2.75) is 30.6 Å². The summed E-state index contributed by atoms with van der Waals surface area (Å²) in [6.45, 7) is 5.36. The Kier molecular flexibility index (Phi) is 5.25. The smallest absolute Gasteiger partial charge is 0.356 e. The van der Waals surface area contributed by atoms with Crippen molar-refractivity contribution in [1.82, 2.24) is 4.98 Å². The molecule has 1 N–H and O–H groups in total. The Balaban J connectivity index is 2.40. The minimum atomic E-state index is -4.04. The van der Waals surface area contributed by atoms with Crippen LogP contribution in [-0.4, -0.2) is 26.0 Å². The summed E-state index contributed by atoms with van der Waals surface area (Å²) >= 11 is 12.3. The molecule has 0 atom stereocenters. The molecule has 142 valence electrons. The summed E-state index contributed by atoms with van der Waals surface area (Å²) in [6.07, 6.45) is 0. The maximum Gasteiger partial charge on any atom is 0.356 e. The lowest BCUT2D eigenvalue weighted by atomic mass is 10.2. The number of hydrogen-bond donors (Lipinski definition) is 1.